The lowest BCUT2D eigenvalue weighted by molar-refractivity contribution is 0.217. The predicted molar refractivity (Wildman–Crippen MR) is 85.6 cm³/mol. The largest absolute Gasteiger partial charge is 0.416 e. The van der Waals surface area contributed by atoms with Crippen LogP contribution in [-0.4, -0.2) is 14.9 Å². The number of hydrogen-bond donors (Lipinski definition) is 0. The van der Waals surface area contributed by atoms with Gasteiger partial charge in [-0.3, -0.25) is 0 Å². The molecule has 0 unspecified atom stereocenters. The third kappa shape index (κ3) is 6.22. The van der Waals surface area contributed by atoms with E-state index in [4.69, 9.17) is 4.43 Å². The molecule has 0 amide bonds. The lowest BCUT2D eigenvalue weighted by Gasteiger charge is -2.40. The van der Waals surface area contributed by atoms with Crippen LogP contribution in [-0.2, 0) is 4.43 Å². The van der Waals surface area contributed by atoms with Crippen LogP contribution >= 0.6 is 0 Å². The van der Waals surface area contributed by atoms with Gasteiger partial charge in [-0.05, 0) is 43.5 Å². The SMILES string of the molecule is CCCC(C)(C)[Si](C)(C)OC[C@@H](/C=C(/C)F)C(C)C. The monoisotopic (exact) mass is 288 g/mol. The summed E-state index contributed by atoms with van der Waals surface area (Å²) >= 11 is 0. The van der Waals surface area contributed by atoms with Crippen LogP contribution in [0.15, 0.2) is 11.9 Å². The Kier molecular flexibility index (Phi) is 7.52. The second kappa shape index (κ2) is 7.58. The zero-order valence-electron chi connectivity index (χ0n) is 14.1. The Morgan fingerprint density at radius 1 is 1.32 bits per heavy atom. The second-order valence-electron chi connectivity index (χ2n) is 7.12. The highest BCUT2D eigenvalue weighted by atomic mass is 28.4. The van der Waals surface area contributed by atoms with E-state index in [0.29, 0.717) is 12.5 Å². The third-order valence-electron chi connectivity index (χ3n) is 4.44. The topological polar surface area (TPSA) is 9.23 Å². The van der Waals surface area contributed by atoms with Gasteiger partial charge in [-0.15, -0.1) is 0 Å². The Hall–Kier alpha value is -0.153. The lowest BCUT2D eigenvalue weighted by Crippen LogP contribution is -2.43. The average Bonchev–Trinajstić information content (AvgIpc) is 2.23. The molecule has 19 heavy (non-hydrogen) atoms. The van der Waals surface area contributed by atoms with Gasteiger partial charge >= 0.3 is 0 Å². The van der Waals surface area contributed by atoms with Gasteiger partial charge in [-0.2, -0.15) is 0 Å². The number of rotatable bonds is 8. The summed E-state index contributed by atoms with van der Waals surface area (Å²) in [5.74, 6) is 0.480. The van der Waals surface area contributed by atoms with Crippen molar-refractivity contribution in [1.29, 1.82) is 0 Å². The minimum absolute atomic E-state index is 0.102. The maximum absolute atomic E-state index is 13.1. The Morgan fingerprint density at radius 2 is 1.84 bits per heavy atom. The van der Waals surface area contributed by atoms with Crippen molar-refractivity contribution in [3.05, 3.63) is 11.9 Å². The van der Waals surface area contributed by atoms with Crippen molar-refractivity contribution in [2.45, 2.75) is 72.5 Å². The molecule has 0 bridgehead atoms. The molecule has 0 aromatic rings. The molecule has 114 valence electrons. The van der Waals surface area contributed by atoms with Gasteiger partial charge in [-0.25, -0.2) is 4.39 Å². The Morgan fingerprint density at radius 3 is 2.21 bits per heavy atom. The van der Waals surface area contributed by atoms with Crippen molar-refractivity contribution in [2.24, 2.45) is 11.8 Å². The lowest BCUT2D eigenvalue weighted by atomic mass is 9.96. The van der Waals surface area contributed by atoms with Crippen LogP contribution in [0, 0.1) is 11.8 Å². The van der Waals surface area contributed by atoms with Gasteiger partial charge in [0.1, 0.15) is 0 Å². The van der Waals surface area contributed by atoms with Crippen molar-refractivity contribution in [3.8, 4) is 0 Å². The van der Waals surface area contributed by atoms with Crippen LogP contribution in [0.4, 0.5) is 4.39 Å². The molecule has 0 saturated carbocycles. The summed E-state index contributed by atoms with van der Waals surface area (Å²) in [5.41, 5.74) is 0. The molecule has 0 aliphatic carbocycles. The highest BCUT2D eigenvalue weighted by Crippen LogP contribution is 2.42. The summed E-state index contributed by atoms with van der Waals surface area (Å²) in [6.45, 7) is 17.8. The molecule has 0 radical (unpaired) electrons. The minimum atomic E-state index is -1.76. The first kappa shape index (κ1) is 18.8. The van der Waals surface area contributed by atoms with Gasteiger partial charge in [-0.1, -0.05) is 41.0 Å². The van der Waals surface area contributed by atoms with E-state index in [9.17, 15) is 4.39 Å². The van der Waals surface area contributed by atoms with Crippen molar-refractivity contribution < 1.29 is 8.82 Å². The smallest absolute Gasteiger partial charge is 0.192 e. The Labute approximate surface area is 120 Å². The molecule has 0 aromatic heterocycles. The fraction of sp³-hybridized carbons (Fsp3) is 0.875. The maximum atomic E-state index is 13.1. The summed E-state index contributed by atoms with van der Waals surface area (Å²) in [5, 5.41) is 0.262. The second-order valence-corrected chi connectivity index (χ2v) is 11.8. The highest BCUT2D eigenvalue weighted by Gasteiger charge is 2.40. The van der Waals surface area contributed by atoms with Crippen molar-refractivity contribution >= 4 is 8.32 Å². The molecule has 0 aromatic carbocycles. The molecule has 0 heterocycles. The summed E-state index contributed by atoms with van der Waals surface area (Å²) in [4.78, 5) is 0. The minimum Gasteiger partial charge on any atom is -0.416 e. The molecule has 0 rings (SSSR count). The van der Waals surface area contributed by atoms with E-state index < -0.39 is 8.32 Å². The van der Waals surface area contributed by atoms with E-state index in [0.717, 1.165) is 0 Å². The molecule has 0 fully saturated rings. The fourth-order valence-electron chi connectivity index (χ4n) is 2.15. The van der Waals surface area contributed by atoms with Crippen LogP contribution < -0.4 is 0 Å². The number of allylic oxidation sites excluding steroid dienone is 1. The van der Waals surface area contributed by atoms with Gasteiger partial charge in [0, 0.05) is 12.5 Å². The van der Waals surface area contributed by atoms with Gasteiger partial charge in [0.25, 0.3) is 0 Å². The molecular weight excluding hydrogens is 255 g/mol. The number of halogens is 1. The normalized spacial score (nSPS) is 16.0. The van der Waals surface area contributed by atoms with Crippen LogP contribution in [0.1, 0.15) is 54.4 Å². The molecule has 1 nitrogen and oxygen atoms in total. The molecule has 0 spiro atoms. The van der Waals surface area contributed by atoms with E-state index in [2.05, 4.69) is 47.7 Å². The van der Waals surface area contributed by atoms with Crippen LogP contribution in [0.2, 0.25) is 18.1 Å². The van der Waals surface area contributed by atoms with Crippen molar-refractivity contribution in [1.82, 2.24) is 0 Å². The van der Waals surface area contributed by atoms with Gasteiger partial charge < -0.3 is 4.43 Å². The molecule has 0 aliphatic heterocycles. The van der Waals surface area contributed by atoms with Gasteiger partial charge in [0.2, 0.25) is 0 Å². The van der Waals surface area contributed by atoms with Crippen LogP contribution in [0.3, 0.4) is 0 Å². The van der Waals surface area contributed by atoms with E-state index >= 15 is 0 Å². The molecule has 1 atom stereocenters. The first-order valence-electron chi connectivity index (χ1n) is 7.51. The first-order valence-corrected chi connectivity index (χ1v) is 10.4. The van der Waals surface area contributed by atoms with E-state index in [1.54, 1.807) is 6.08 Å². The summed E-state index contributed by atoms with van der Waals surface area (Å²) in [6.07, 6.45) is 4.09. The third-order valence-corrected chi connectivity index (χ3v) is 8.84. The molecule has 0 aliphatic rings. The first-order chi connectivity index (χ1) is 8.53. The Balaban J connectivity index is 4.71. The van der Waals surface area contributed by atoms with E-state index in [1.807, 2.05) is 0 Å². The fourth-order valence-corrected chi connectivity index (χ4v) is 4.01. The highest BCUT2D eigenvalue weighted by molar-refractivity contribution is 6.74. The Bertz CT molecular complexity index is 291. The van der Waals surface area contributed by atoms with Crippen molar-refractivity contribution in [3.63, 3.8) is 0 Å². The van der Waals surface area contributed by atoms with Gasteiger partial charge in [0.15, 0.2) is 8.32 Å². The zero-order chi connectivity index (χ0) is 15.3. The van der Waals surface area contributed by atoms with E-state index in [1.165, 1.54) is 19.8 Å². The van der Waals surface area contributed by atoms with Gasteiger partial charge in [0.05, 0.1) is 5.83 Å². The molecular formula is C16H33FOSi. The summed E-state index contributed by atoms with van der Waals surface area (Å²) in [7, 11) is -1.76. The average molecular weight is 289 g/mol. The zero-order valence-corrected chi connectivity index (χ0v) is 15.1. The maximum Gasteiger partial charge on any atom is 0.192 e. The quantitative estimate of drug-likeness (QED) is 0.503. The summed E-state index contributed by atoms with van der Waals surface area (Å²) < 4.78 is 19.4. The van der Waals surface area contributed by atoms with Crippen LogP contribution in [0.5, 0.6) is 0 Å². The van der Waals surface area contributed by atoms with Crippen LogP contribution in [0.25, 0.3) is 0 Å². The van der Waals surface area contributed by atoms with Crippen molar-refractivity contribution in [2.75, 3.05) is 6.61 Å². The molecule has 0 saturated heterocycles. The molecule has 3 heteroatoms. The predicted octanol–water partition coefficient (Wildman–Crippen LogP) is 5.93. The summed E-state index contributed by atoms with van der Waals surface area (Å²) in [6, 6.07) is 0. The molecule has 0 N–H and O–H groups in total. The number of hydrogen-bond acceptors (Lipinski definition) is 1. The standard InChI is InChI=1S/C16H33FOSi/c1-9-10-16(5,6)19(7,8)18-12-15(13(2)3)11-14(4)17/h11,13,15H,9-10,12H2,1-8H3/b14-11-/t15-/m1/s1. The van der Waals surface area contributed by atoms with E-state index in [-0.39, 0.29) is 16.8 Å².